The molecule has 0 saturated carbocycles. The molecule has 7 nitrogen and oxygen atoms in total. The second-order valence-electron chi connectivity index (χ2n) is 8.47. The zero-order valence-electron chi connectivity index (χ0n) is 20.8. The predicted molar refractivity (Wildman–Crippen MR) is 142 cm³/mol. The summed E-state index contributed by atoms with van der Waals surface area (Å²) in [7, 11) is -2.77. The van der Waals surface area contributed by atoms with Crippen LogP contribution in [-0.4, -0.2) is 44.8 Å². The molecule has 0 bridgehead atoms. The molecule has 0 radical (unpaired) electrons. The second-order valence-corrected chi connectivity index (χ2v) is 10.7. The Morgan fingerprint density at radius 3 is 2.24 bits per heavy atom. The van der Waals surface area contributed by atoms with Gasteiger partial charge in [-0.2, -0.15) is 0 Å². The lowest BCUT2D eigenvalue weighted by Gasteiger charge is -2.33. The Kier molecular flexibility index (Phi) is 9.29. The van der Waals surface area contributed by atoms with Crippen LogP contribution in [0.2, 0.25) is 5.02 Å². The van der Waals surface area contributed by atoms with Crippen molar-refractivity contribution in [1.29, 1.82) is 0 Å². The average Bonchev–Trinajstić information content (AvgIpc) is 2.90. The number of amides is 2. The van der Waals surface area contributed by atoms with E-state index < -0.39 is 34.3 Å². The lowest BCUT2D eigenvalue weighted by molar-refractivity contribution is -0.140. The maximum atomic E-state index is 13.9. The molecule has 10 heteroatoms. The van der Waals surface area contributed by atoms with E-state index in [4.69, 9.17) is 11.6 Å². The van der Waals surface area contributed by atoms with Gasteiger partial charge in [0.15, 0.2) is 0 Å². The lowest BCUT2D eigenvalue weighted by Crippen LogP contribution is -2.51. The molecule has 1 N–H and O–H groups in total. The van der Waals surface area contributed by atoms with Gasteiger partial charge in [-0.3, -0.25) is 13.9 Å². The number of rotatable bonds is 10. The highest BCUT2D eigenvalue weighted by atomic mass is 35.5. The van der Waals surface area contributed by atoms with Crippen LogP contribution in [0, 0.1) is 12.7 Å². The van der Waals surface area contributed by atoms with Crippen LogP contribution in [0.1, 0.15) is 24.5 Å². The summed E-state index contributed by atoms with van der Waals surface area (Å²) >= 11 is 5.96. The molecule has 3 rings (SSSR count). The summed E-state index contributed by atoms with van der Waals surface area (Å²) in [5.41, 5.74) is 1.84. The zero-order chi connectivity index (χ0) is 27.2. The van der Waals surface area contributed by atoms with Crippen molar-refractivity contribution in [3.05, 3.63) is 94.8 Å². The molecule has 0 fully saturated rings. The van der Waals surface area contributed by atoms with Gasteiger partial charge in [0, 0.05) is 13.6 Å². The van der Waals surface area contributed by atoms with E-state index in [0.717, 1.165) is 27.6 Å². The van der Waals surface area contributed by atoms with Crippen molar-refractivity contribution in [3.8, 4) is 0 Å². The summed E-state index contributed by atoms with van der Waals surface area (Å²) in [5.74, 6) is -1.69. The molecule has 0 aliphatic carbocycles. The Labute approximate surface area is 221 Å². The zero-order valence-corrected chi connectivity index (χ0v) is 22.4. The Morgan fingerprint density at radius 1 is 1.03 bits per heavy atom. The van der Waals surface area contributed by atoms with E-state index in [9.17, 15) is 22.4 Å². The van der Waals surface area contributed by atoms with Crippen LogP contribution < -0.4 is 9.62 Å². The third kappa shape index (κ3) is 6.67. The Balaban J connectivity index is 2.06. The predicted octanol–water partition coefficient (Wildman–Crippen LogP) is 4.54. The number of likely N-dealkylation sites (N-methyl/N-ethyl adjacent to an activating group) is 1. The van der Waals surface area contributed by atoms with E-state index in [1.807, 2.05) is 31.2 Å². The van der Waals surface area contributed by atoms with Gasteiger partial charge in [-0.25, -0.2) is 12.8 Å². The fourth-order valence-corrected chi connectivity index (χ4v) is 5.47. The number of halogens is 2. The van der Waals surface area contributed by atoms with Gasteiger partial charge >= 0.3 is 0 Å². The lowest BCUT2D eigenvalue weighted by atomic mass is 10.1. The standard InChI is InChI=1S/C27H29ClFN3O4S/c1-4-25(27(34)30-3)31(17-20-12-10-19(2)11-13-20)26(33)18-32(21-14-15-24(29)23(28)16-21)37(35,36)22-8-6-5-7-9-22/h5-16,25H,4,17-18H2,1-3H3,(H,30,34)/t25-/m0/s1. The number of anilines is 1. The van der Waals surface area contributed by atoms with Crippen molar-refractivity contribution in [1.82, 2.24) is 10.2 Å². The third-order valence-corrected chi connectivity index (χ3v) is 7.98. The van der Waals surface area contributed by atoms with Crippen molar-refractivity contribution in [3.63, 3.8) is 0 Å². The van der Waals surface area contributed by atoms with Crippen molar-refractivity contribution >= 4 is 39.1 Å². The van der Waals surface area contributed by atoms with Gasteiger partial charge in [0.05, 0.1) is 15.6 Å². The number of nitrogens with zero attached hydrogens (tertiary/aromatic N) is 2. The van der Waals surface area contributed by atoms with E-state index >= 15 is 0 Å². The summed E-state index contributed by atoms with van der Waals surface area (Å²) in [6.07, 6.45) is 0.311. The SMILES string of the molecule is CC[C@@H](C(=O)NC)N(Cc1ccc(C)cc1)C(=O)CN(c1ccc(F)c(Cl)c1)S(=O)(=O)c1ccccc1. The minimum Gasteiger partial charge on any atom is -0.357 e. The molecule has 0 heterocycles. The first-order chi connectivity index (χ1) is 17.6. The molecule has 2 amide bonds. The molecular formula is C27H29ClFN3O4S. The van der Waals surface area contributed by atoms with E-state index in [-0.39, 0.29) is 28.1 Å². The smallest absolute Gasteiger partial charge is 0.264 e. The number of hydrogen-bond acceptors (Lipinski definition) is 4. The fourth-order valence-electron chi connectivity index (χ4n) is 3.86. The van der Waals surface area contributed by atoms with Crippen molar-refractivity contribution in [2.75, 3.05) is 17.9 Å². The van der Waals surface area contributed by atoms with Gasteiger partial charge in [0.1, 0.15) is 18.4 Å². The van der Waals surface area contributed by atoms with Gasteiger partial charge in [-0.05, 0) is 49.2 Å². The molecule has 0 saturated heterocycles. The van der Waals surface area contributed by atoms with E-state index in [2.05, 4.69) is 5.32 Å². The van der Waals surface area contributed by atoms with Gasteiger partial charge in [0.25, 0.3) is 10.0 Å². The van der Waals surface area contributed by atoms with Crippen molar-refractivity contribution < 1.29 is 22.4 Å². The van der Waals surface area contributed by atoms with Crippen LogP contribution in [-0.2, 0) is 26.2 Å². The summed E-state index contributed by atoms with van der Waals surface area (Å²) in [6.45, 7) is 3.17. The van der Waals surface area contributed by atoms with E-state index in [1.165, 1.54) is 30.1 Å². The molecule has 3 aromatic carbocycles. The summed E-state index contributed by atoms with van der Waals surface area (Å²) in [5, 5.41) is 2.29. The van der Waals surface area contributed by atoms with Gasteiger partial charge in [0.2, 0.25) is 11.8 Å². The van der Waals surface area contributed by atoms with Crippen LogP contribution in [0.4, 0.5) is 10.1 Å². The summed E-state index contributed by atoms with van der Waals surface area (Å²) < 4.78 is 42.1. The van der Waals surface area contributed by atoms with Crippen LogP contribution in [0.15, 0.2) is 77.7 Å². The Hall–Kier alpha value is -3.43. The number of carbonyl (C=O) groups excluding carboxylic acids is 2. The monoisotopic (exact) mass is 545 g/mol. The van der Waals surface area contributed by atoms with E-state index in [0.29, 0.717) is 6.42 Å². The van der Waals surface area contributed by atoms with Gasteiger partial charge in [-0.15, -0.1) is 0 Å². The third-order valence-electron chi connectivity index (χ3n) is 5.91. The maximum absolute atomic E-state index is 13.9. The van der Waals surface area contributed by atoms with Crippen molar-refractivity contribution in [2.24, 2.45) is 0 Å². The normalized spacial score (nSPS) is 12.0. The van der Waals surface area contributed by atoms with Crippen molar-refractivity contribution in [2.45, 2.75) is 37.8 Å². The molecule has 0 spiro atoms. The number of hydrogen-bond donors (Lipinski definition) is 1. The molecule has 0 aromatic heterocycles. The highest BCUT2D eigenvalue weighted by molar-refractivity contribution is 7.92. The van der Waals surface area contributed by atoms with Crippen LogP contribution in [0.25, 0.3) is 0 Å². The second kappa shape index (κ2) is 12.2. The minimum absolute atomic E-state index is 0.0203. The summed E-state index contributed by atoms with van der Waals surface area (Å²) in [4.78, 5) is 27.8. The minimum atomic E-state index is -4.24. The average molecular weight is 546 g/mol. The topological polar surface area (TPSA) is 86.8 Å². The number of carbonyl (C=O) groups is 2. The maximum Gasteiger partial charge on any atom is 0.264 e. The molecule has 3 aromatic rings. The molecule has 1 atom stereocenters. The van der Waals surface area contributed by atoms with Crippen LogP contribution in [0.3, 0.4) is 0 Å². The Morgan fingerprint density at radius 2 is 1.68 bits per heavy atom. The Bertz CT molecular complexity index is 1350. The number of sulfonamides is 1. The number of benzene rings is 3. The fraction of sp³-hybridized carbons (Fsp3) is 0.259. The molecular weight excluding hydrogens is 517 g/mol. The first-order valence-corrected chi connectivity index (χ1v) is 13.5. The van der Waals surface area contributed by atoms with Gasteiger partial charge in [-0.1, -0.05) is 66.6 Å². The number of nitrogens with one attached hydrogen (secondary N) is 1. The summed E-state index contributed by atoms with van der Waals surface area (Å²) in [6, 6.07) is 17.7. The molecule has 37 heavy (non-hydrogen) atoms. The van der Waals surface area contributed by atoms with Crippen LogP contribution in [0.5, 0.6) is 0 Å². The molecule has 0 aliphatic heterocycles. The quantitative estimate of drug-likeness (QED) is 0.405. The highest BCUT2D eigenvalue weighted by Crippen LogP contribution is 2.28. The number of aryl methyl sites for hydroxylation is 1. The molecule has 0 aliphatic rings. The van der Waals surface area contributed by atoms with E-state index in [1.54, 1.807) is 25.1 Å². The highest BCUT2D eigenvalue weighted by Gasteiger charge is 2.33. The van der Waals surface area contributed by atoms with Gasteiger partial charge < -0.3 is 10.2 Å². The first-order valence-electron chi connectivity index (χ1n) is 11.7. The largest absolute Gasteiger partial charge is 0.357 e. The first kappa shape index (κ1) is 28.1. The molecule has 196 valence electrons. The molecule has 0 unspecified atom stereocenters. The van der Waals surface area contributed by atoms with Crippen LogP contribution >= 0.6 is 11.6 Å².